The van der Waals surface area contributed by atoms with Gasteiger partial charge in [0, 0.05) is 0 Å². The Morgan fingerprint density at radius 1 is 0.812 bits per heavy atom. The number of nitriles is 1. The minimum absolute atomic E-state index is 0.455. The third kappa shape index (κ3) is 8.44. The van der Waals surface area contributed by atoms with Gasteiger partial charge in [-0.1, -0.05) is 6.07 Å². The van der Waals surface area contributed by atoms with E-state index in [0.717, 1.165) is 5.56 Å². The van der Waals surface area contributed by atoms with Crippen molar-refractivity contribution in [1.82, 2.24) is 0 Å². The standard InChI is InChI=1S/C16H14NO2.3C4H9.Sn/c17-12-15-8-4-5-9-16(15)19-11-10-18-13-14-6-2-1-3-7-14;3*1-3-4-2;/h1-3,5-9H,10-11,13H2;3*1,3-4H2,2H3;. The molecule has 2 aromatic carbocycles. The molecule has 0 atom stereocenters. The van der Waals surface area contributed by atoms with Gasteiger partial charge in [0.1, 0.15) is 0 Å². The van der Waals surface area contributed by atoms with Crippen molar-refractivity contribution in [1.29, 1.82) is 5.26 Å². The van der Waals surface area contributed by atoms with Crippen LogP contribution < -0.4 is 8.32 Å². The Bertz CT molecular complexity index is 794. The number of hydrogen-bond donors (Lipinski definition) is 0. The summed E-state index contributed by atoms with van der Waals surface area (Å²) < 4.78 is 17.4. The van der Waals surface area contributed by atoms with Crippen LogP contribution >= 0.6 is 0 Å². The van der Waals surface area contributed by atoms with Crippen molar-refractivity contribution in [3.8, 4) is 11.8 Å². The summed E-state index contributed by atoms with van der Waals surface area (Å²) in [7, 11) is 0. The average molecular weight is 542 g/mol. The molecule has 0 bridgehead atoms. The molecule has 174 valence electrons. The van der Waals surface area contributed by atoms with E-state index in [4.69, 9.17) is 9.47 Å². The van der Waals surface area contributed by atoms with Gasteiger partial charge < -0.3 is 0 Å². The molecule has 0 aliphatic heterocycles. The molecule has 0 amide bonds. The molecule has 0 saturated carbocycles. The van der Waals surface area contributed by atoms with E-state index in [0.29, 0.717) is 31.1 Å². The summed E-state index contributed by atoms with van der Waals surface area (Å²) in [5, 5.41) is 9.85. The molecule has 0 radical (unpaired) electrons. The Morgan fingerprint density at radius 2 is 1.44 bits per heavy atom. The fourth-order valence-corrected chi connectivity index (χ4v) is 20.4. The summed E-state index contributed by atoms with van der Waals surface area (Å²) >= 11 is -2.53. The quantitative estimate of drug-likeness (QED) is 0.166. The second-order valence-corrected chi connectivity index (χ2v) is 22.0. The fourth-order valence-electron chi connectivity index (χ4n) is 4.40. The van der Waals surface area contributed by atoms with Crippen LogP contribution in [0.5, 0.6) is 5.75 Å². The van der Waals surface area contributed by atoms with E-state index in [1.807, 2.05) is 18.2 Å². The normalized spacial score (nSPS) is 11.3. The molecule has 0 fully saturated rings. The second kappa shape index (κ2) is 15.3. The summed E-state index contributed by atoms with van der Waals surface area (Å²) in [4.78, 5) is 0. The molecule has 3 nitrogen and oxygen atoms in total. The van der Waals surface area contributed by atoms with E-state index in [1.54, 1.807) is 0 Å². The molecule has 0 unspecified atom stereocenters. The van der Waals surface area contributed by atoms with E-state index in [2.05, 4.69) is 57.2 Å². The van der Waals surface area contributed by atoms with Crippen LogP contribution in [-0.2, 0) is 11.3 Å². The van der Waals surface area contributed by atoms with Gasteiger partial charge in [-0.25, -0.2) is 0 Å². The van der Waals surface area contributed by atoms with Gasteiger partial charge in [-0.05, 0) is 0 Å². The van der Waals surface area contributed by atoms with Gasteiger partial charge in [0.25, 0.3) is 0 Å². The first kappa shape index (κ1) is 26.7. The average Bonchev–Trinajstić information content (AvgIpc) is 2.84. The molecule has 32 heavy (non-hydrogen) atoms. The summed E-state index contributed by atoms with van der Waals surface area (Å²) in [6.45, 7) is 8.44. The van der Waals surface area contributed by atoms with Crippen LogP contribution in [0.15, 0.2) is 48.5 Å². The molecule has 0 aliphatic rings. The van der Waals surface area contributed by atoms with E-state index >= 15 is 0 Å². The van der Waals surface area contributed by atoms with Gasteiger partial charge in [0.05, 0.1) is 0 Å². The number of nitrogens with zero attached hydrogens (tertiary/aromatic N) is 1. The SMILES string of the molecule is CCC[CH2][Sn]([CH2]CCC)([CH2]CCC)[c]1ccc(OCCOCc2ccccc2)c(C#N)c1. The summed E-state index contributed by atoms with van der Waals surface area (Å²) in [6.07, 6.45) is 7.73. The van der Waals surface area contributed by atoms with Crippen molar-refractivity contribution >= 4 is 22.0 Å². The zero-order chi connectivity index (χ0) is 23.1. The van der Waals surface area contributed by atoms with E-state index in [1.165, 1.54) is 55.4 Å². The van der Waals surface area contributed by atoms with Crippen LogP contribution in [0.1, 0.15) is 70.4 Å². The van der Waals surface area contributed by atoms with E-state index < -0.39 is 18.4 Å². The number of rotatable bonds is 16. The van der Waals surface area contributed by atoms with Crippen LogP contribution in [0.4, 0.5) is 0 Å². The van der Waals surface area contributed by atoms with Crippen molar-refractivity contribution in [2.24, 2.45) is 0 Å². The van der Waals surface area contributed by atoms with Gasteiger partial charge in [-0.2, -0.15) is 0 Å². The van der Waals surface area contributed by atoms with Crippen LogP contribution in [0.25, 0.3) is 0 Å². The van der Waals surface area contributed by atoms with Crippen molar-refractivity contribution < 1.29 is 9.47 Å². The Hall–Kier alpha value is -1.51. The van der Waals surface area contributed by atoms with Gasteiger partial charge in [-0.15, -0.1) is 0 Å². The van der Waals surface area contributed by atoms with Crippen LogP contribution in [-0.4, -0.2) is 31.6 Å². The zero-order valence-corrected chi connectivity index (χ0v) is 23.2. The third-order valence-corrected chi connectivity index (χ3v) is 21.9. The van der Waals surface area contributed by atoms with Crippen LogP contribution in [0.2, 0.25) is 13.3 Å². The van der Waals surface area contributed by atoms with E-state index in [-0.39, 0.29) is 0 Å². The van der Waals surface area contributed by atoms with Gasteiger partial charge in [0.15, 0.2) is 0 Å². The molecule has 2 aromatic rings. The first-order valence-electron chi connectivity index (χ1n) is 12.5. The minimum atomic E-state index is -2.53. The van der Waals surface area contributed by atoms with Crippen molar-refractivity contribution in [3.05, 3.63) is 59.7 Å². The first-order chi connectivity index (χ1) is 15.7. The Kier molecular flexibility index (Phi) is 12.8. The monoisotopic (exact) mass is 543 g/mol. The Morgan fingerprint density at radius 3 is 2.00 bits per heavy atom. The topological polar surface area (TPSA) is 42.2 Å². The number of unbranched alkanes of at least 4 members (excludes halogenated alkanes) is 3. The van der Waals surface area contributed by atoms with Gasteiger partial charge in [-0.3, -0.25) is 0 Å². The maximum atomic E-state index is 9.85. The number of benzene rings is 2. The predicted octanol–water partition coefficient (Wildman–Crippen LogP) is 7.21. The van der Waals surface area contributed by atoms with Gasteiger partial charge >= 0.3 is 195 Å². The van der Waals surface area contributed by atoms with E-state index in [9.17, 15) is 5.26 Å². The van der Waals surface area contributed by atoms with Crippen molar-refractivity contribution in [3.63, 3.8) is 0 Å². The second-order valence-electron chi connectivity index (χ2n) is 8.80. The van der Waals surface area contributed by atoms with Crippen LogP contribution in [0.3, 0.4) is 0 Å². The summed E-state index contributed by atoms with van der Waals surface area (Å²) in [5.74, 6) is 0.696. The first-order valence-corrected chi connectivity index (χ1v) is 20.0. The molecule has 2 rings (SSSR count). The van der Waals surface area contributed by atoms with Gasteiger partial charge in [0.2, 0.25) is 0 Å². The molecule has 0 saturated heterocycles. The zero-order valence-electron chi connectivity index (χ0n) is 20.4. The molecule has 0 aliphatic carbocycles. The predicted molar refractivity (Wildman–Crippen MR) is 137 cm³/mol. The molecule has 4 heteroatoms. The Labute approximate surface area is 200 Å². The van der Waals surface area contributed by atoms with Crippen LogP contribution in [0, 0.1) is 11.3 Å². The summed E-state index contributed by atoms with van der Waals surface area (Å²) in [5.41, 5.74) is 1.85. The molecule has 0 heterocycles. The van der Waals surface area contributed by atoms with Crippen molar-refractivity contribution in [2.45, 2.75) is 79.2 Å². The molecule has 0 aromatic heterocycles. The maximum absolute atomic E-state index is 9.85. The third-order valence-electron chi connectivity index (χ3n) is 6.34. The number of hydrogen-bond acceptors (Lipinski definition) is 3. The molecular formula is C28H41NO2Sn. The Balaban J connectivity index is 2.08. The van der Waals surface area contributed by atoms with Crippen molar-refractivity contribution in [2.75, 3.05) is 13.2 Å². The summed E-state index contributed by atoms with van der Waals surface area (Å²) in [6, 6.07) is 19.1. The molecule has 0 spiro atoms. The fraction of sp³-hybridized carbons (Fsp3) is 0.536. The molecular weight excluding hydrogens is 501 g/mol. The number of ether oxygens (including phenoxy) is 2. The molecule has 0 N–H and O–H groups in total.